The Morgan fingerprint density at radius 2 is 1.76 bits per heavy atom. The second-order valence-corrected chi connectivity index (χ2v) is 10.5. The Bertz CT molecular complexity index is 1290. The van der Waals surface area contributed by atoms with Crippen LogP contribution in [0.3, 0.4) is 0 Å². The second kappa shape index (κ2) is 12.9. The molecule has 5 amide bonds. The van der Waals surface area contributed by atoms with Gasteiger partial charge in [0.25, 0.3) is 5.91 Å². The van der Waals surface area contributed by atoms with Gasteiger partial charge in [0.2, 0.25) is 11.8 Å². The number of hydrogen-bond acceptors (Lipinski definition) is 6. The van der Waals surface area contributed by atoms with Crippen LogP contribution in [-0.2, 0) is 53.2 Å². The Labute approximate surface area is 254 Å². The molecule has 1 aromatic carbocycles. The first-order valence-electron chi connectivity index (χ1n) is 12.8. The molecule has 4 rings (SSSR count). The number of alkyl halides is 3. The molecule has 230 valence electrons. The van der Waals surface area contributed by atoms with Crippen molar-refractivity contribution in [3.8, 4) is 0 Å². The van der Waals surface area contributed by atoms with Crippen molar-refractivity contribution < 1.29 is 58.2 Å². The number of nitrogens with zero attached hydrogens (tertiary/aromatic N) is 4. The van der Waals surface area contributed by atoms with E-state index in [0.717, 1.165) is 15.4 Å². The van der Waals surface area contributed by atoms with Gasteiger partial charge in [-0.2, -0.15) is 4.90 Å². The smallest absolute Gasteiger partial charge is 0.495 e. The first kappa shape index (κ1) is 33.2. The number of pyridine rings is 1. The number of imide groups is 1. The van der Waals surface area contributed by atoms with Crippen LogP contribution in [0.15, 0.2) is 54.7 Å². The minimum absolute atomic E-state index is 0. The van der Waals surface area contributed by atoms with E-state index in [4.69, 9.17) is 10.5 Å². The number of fused-ring (bicyclic) bond motifs is 1. The Morgan fingerprint density at radius 1 is 1.10 bits per heavy atom. The number of piperazine rings is 1. The van der Waals surface area contributed by atoms with Crippen molar-refractivity contribution >= 4 is 23.8 Å². The average Bonchev–Trinajstić information content (AvgIpc) is 3.13. The maximum atomic E-state index is 13.8. The molecule has 1 aromatic heterocycles. The summed E-state index contributed by atoms with van der Waals surface area (Å²) in [6, 6.07) is 10.9. The van der Waals surface area contributed by atoms with Gasteiger partial charge in [-0.1, -0.05) is 55.8 Å². The van der Waals surface area contributed by atoms with E-state index in [9.17, 15) is 32.3 Å². The summed E-state index contributed by atoms with van der Waals surface area (Å²) in [5.74, 6) is -3.00. The van der Waals surface area contributed by atoms with E-state index in [1.165, 1.54) is 26.1 Å². The van der Waals surface area contributed by atoms with Crippen molar-refractivity contribution in [3.05, 3.63) is 71.7 Å². The first-order valence-corrected chi connectivity index (χ1v) is 12.8. The molecular weight excluding hydrogens is 740 g/mol. The van der Waals surface area contributed by atoms with Gasteiger partial charge in [0, 0.05) is 52.5 Å². The fourth-order valence-corrected chi connectivity index (χ4v) is 4.84. The molecule has 0 spiro atoms. The third-order valence-electron chi connectivity index (χ3n) is 6.92. The molecule has 0 radical (unpaired) electrons. The van der Waals surface area contributed by atoms with E-state index in [-0.39, 0.29) is 59.5 Å². The van der Waals surface area contributed by atoms with Crippen LogP contribution in [0, 0.1) is 0 Å². The van der Waals surface area contributed by atoms with Gasteiger partial charge in [-0.05, 0) is 17.7 Å². The standard InChI is InChI=1S/C27H30F3N6O5.Pt/c1-25(2,31)22(38)33-20(16-41-15-18-8-4-3-5-9-18)21(37)34-12-13-35-24(40)36(27(28,29)30)23(39)26(35,17-34)14-19-10-6-7-11-32-19;/h3-11,20,31H,12-17H2,1-2H3,(H,33,38);/q-1;/t20-,26+;/m1./s1. The molecule has 0 bridgehead atoms. The summed E-state index contributed by atoms with van der Waals surface area (Å²) in [6.45, 7) is 1.37. The summed E-state index contributed by atoms with van der Waals surface area (Å²) in [4.78, 5) is 58.0. The molecule has 0 saturated carbocycles. The van der Waals surface area contributed by atoms with Gasteiger partial charge in [0.05, 0.1) is 19.8 Å². The van der Waals surface area contributed by atoms with Gasteiger partial charge in [-0.3, -0.25) is 19.4 Å². The third-order valence-corrected chi connectivity index (χ3v) is 6.92. The van der Waals surface area contributed by atoms with Crippen LogP contribution < -0.4 is 5.32 Å². The third kappa shape index (κ3) is 6.99. The van der Waals surface area contributed by atoms with E-state index >= 15 is 0 Å². The molecule has 2 atom stereocenters. The molecule has 2 fully saturated rings. The number of amides is 5. The van der Waals surface area contributed by atoms with Gasteiger partial charge in [0.1, 0.15) is 11.6 Å². The van der Waals surface area contributed by atoms with Gasteiger partial charge in [-0.25, -0.2) is 4.79 Å². The number of benzene rings is 1. The number of halogens is 3. The molecule has 11 nitrogen and oxygen atoms in total. The van der Waals surface area contributed by atoms with Gasteiger partial charge in [0.15, 0.2) is 0 Å². The predicted octanol–water partition coefficient (Wildman–Crippen LogP) is 2.52. The fourth-order valence-electron chi connectivity index (χ4n) is 4.84. The Morgan fingerprint density at radius 3 is 2.36 bits per heavy atom. The molecule has 2 saturated heterocycles. The van der Waals surface area contributed by atoms with Crippen molar-refractivity contribution in [2.24, 2.45) is 0 Å². The largest absolute Gasteiger partial charge is 0.664 e. The molecule has 0 unspecified atom stereocenters. The SMILES string of the molecule is CC(C)([NH-])C(=O)N[C@H](COCc1ccccc1)C(=O)N1CCN2C(=O)N(C(F)(F)F)C(=O)[C@]2(Cc2ccccn2)C1.[Pt]. The zero-order valence-corrected chi connectivity index (χ0v) is 25.1. The number of rotatable bonds is 9. The average molecular weight is 771 g/mol. The minimum Gasteiger partial charge on any atom is -0.664 e. The number of carbonyl (C=O) groups is 4. The molecule has 3 heterocycles. The topological polar surface area (TPSA) is 136 Å². The van der Waals surface area contributed by atoms with Crippen LogP contribution in [0.2, 0.25) is 0 Å². The van der Waals surface area contributed by atoms with Crippen LogP contribution in [-0.4, -0.2) is 93.1 Å². The molecule has 2 aliphatic heterocycles. The molecule has 2 aromatic rings. The number of nitrogens with one attached hydrogen (secondary N) is 2. The maximum absolute atomic E-state index is 13.8. The quantitative estimate of drug-likeness (QED) is 0.308. The van der Waals surface area contributed by atoms with Gasteiger partial charge in [-0.15, -0.1) is 13.2 Å². The number of urea groups is 1. The zero-order chi connectivity index (χ0) is 30.0. The summed E-state index contributed by atoms with van der Waals surface area (Å²) in [7, 11) is 0. The number of carbonyl (C=O) groups excluding carboxylic acids is 4. The summed E-state index contributed by atoms with van der Waals surface area (Å²) in [5, 5.41) is 2.50. The van der Waals surface area contributed by atoms with Crippen molar-refractivity contribution in [1.82, 2.24) is 25.0 Å². The molecule has 42 heavy (non-hydrogen) atoms. The number of aromatic nitrogens is 1. The molecule has 15 heteroatoms. The first-order chi connectivity index (χ1) is 19.2. The summed E-state index contributed by atoms with van der Waals surface area (Å²) in [5.41, 5.74) is 5.41. The fraction of sp³-hybridized carbons (Fsp3) is 0.444. The zero-order valence-electron chi connectivity index (χ0n) is 22.8. The van der Waals surface area contributed by atoms with Crippen LogP contribution in [0.25, 0.3) is 5.73 Å². The molecular formula is C27H30F3N6O5Pt-. The van der Waals surface area contributed by atoms with Crippen LogP contribution in [0.4, 0.5) is 18.0 Å². The second-order valence-electron chi connectivity index (χ2n) is 10.5. The van der Waals surface area contributed by atoms with Gasteiger partial charge < -0.3 is 25.6 Å². The molecule has 2 N–H and O–H groups in total. The minimum atomic E-state index is -5.26. The van der Waals surface area contributed by atoms with Crippen LogP contribution >= 0.6 is 0 Å². The van der Waals surface area contributed by atoms with Crippen molar-refractivity contribution in [2.75, 3.05) is 26.2 Å². The monoisotopic (exact) mass is 770 g/mol. The summed E-state index contributed by atoms with van der Waals surface area (Å²) in [6.07, 6.45) is -4.22. The number of ether oxygens (including phenoxy) is 1. The van der Waals surface area contributed by atoms with Crippen LogP contribution in [0.5, 0.6) is 0 Å². The van der Waals surface area contributed by atoms with E-state index in [2.05, 4.69) is 10.3 Å². The van der Waals surface area contributed by atoms with E-state index < -0.39 is 58.6 Å². The molecule has 0 aliphatic carbocycles. The van der Waals surface area contributed by atoms with Crippen molar-refractivity contribution in [3.63, 3.8) is 0 Å². The Kier molecular flexibility index (Phi) is 10.2. The summed E-state index contributed by atoms with van der Waals surface area (Å²) >= 11 is 0. The van der Waals surface area contributed by atoms with E-state index in [0.29, 0.717) is 0 Å². The van der Waals surface area contributed by atoms with Crippen LogP contribution in [0.1, 0.15) is 25.1 Å². The molecule has 2 aliphatic rings. The van der Waals surface area contributed by atoms with Crippen molar-refractivity contribution in [1.29, 1.82) is 0 Å². The number of hydrogen-bond donors (Lipinski definition) is 1. The van der Waals surface area contributed by atoms with Crippen molar-refractivity contribution in [2.45, 2.75) is 50.3 Å². The Hall–Kier alpha value is -3.35. The van der Waals surface area contributed by atoms with Gasteiger partial charge >= 0.3 is 12.3 Å². The van der Waals surface area contributed by atoms with E-state index in [1.54, 1.807) is 36.4 Å². The summed E-state index contributed by atoms with van der Waals surface area (Å²) < 4.78 is 47.1. The Balaban J connectivity index is 0.00000484. The normalized spacial score (nSPS) is 19.7. The maximum Gasteiger partial charge on any atom is 0.495 e. The predicted molar refractivity (Wildman–Crippen MR) is 139 cm³/mol. The van der Waals surface area contributed by atoms with E-state index in [1.807, 2.05) is 6.07 Å².